The van der Waals surface area contributed by atoms with Gasteiger partial charge in [-0.1, -0.05) is 22.0 Å². The van der Waals surface area contributed by atoms with E-state index in [1.807, 2.05) is 0 Å². The van der Waals surface area contributed by atoms with Crippen molar-refractivity contribution in [2.75, 3.05) is 5.32 Å². The van der Waals surface area contributed by atoms with E-state index in [1.165, 1.54) is 13.0 Å². The van der Waals surface area contributed by atoms with Crippen LogP contribution in [-0.4, -0.2) is 0 Å². The predicted molar refractivity (Wildman–Crippen MR) is 72.5 cm³/mol. The van der Waals surface area contributed by atoms with Crippen LogP contribution in [0.4, 0.5) is 23.2 Å². The topological polar surface area (TPSA) is 12.0 Å². The van der Waals surface area contributed by atoms with Gasteiger partial charge in [0, 0.05) is 16.1 Å². The first-order chi connectivity index (χ1) is 9.38. The van der Waals surface area contributed by atoms with Gasteiger partial charge in [-0.2, -0.15) is 0 Å². The summed E-state index contributed by atoms with van der Waals surface area (Å²) in [5.74, 6) is -3.08. The maximum absolute atomic E-state index is 13.7. The molecule has 2 aromatic carbocycles. The summed E-state index contributed by atoms with van der Waals surface area (Å²) in [6.07, 6.45) is 0. The zero-order valence-electron chi connectivity index (χ0n) is 10.4. The molecule has 1 unspecified atom stereocenters. The van der Waals surface area contributed by atoms with Gasteiger partial charge in [0.2, 0.25) is 0 Å². The molecule has 20 heavy (non-hydrogen) atoms. The summed E-state index contributed by atoms with van der Waals surface area (Å²) in [5, 5.41) is 2.55. The summed E-state index contributed by atoms with van der Waals surface area (Å²) >= 11 is 2.97. The summed E-state index contributed by atoms with van der Waals surface area (Å²) in [7, 11) is 0. The number of hydrogen-bond acceptors (Lipinski definition) is 1. The first kappa shape index (κ1) is 14.8. The second kappa shape index (κ2) is 5.83. The molecule has 0 aliphatic carbocycles. The Morgan fingerprint density at radius 1 is 0.950 bits per heavy atom. The van der Waals surface area contributed by atoms with Crippen LogP contribution in [-0.2, 0) is 0 Å². The van der Waals surface area contributed by atoms with Gasteiger partial charge in [-0.15, -0.1) is 0 Å². The Bertz CT molecular complexity index is 622. The standard InChI is InChI=1S/C14H10BrF4N/c1-7(10-3-2-9(16)6-11(10)17)20-14-12(18)4-8(15)5-13(14)19/h2-7,20H,1H3. The Kier molecular flexibility index (Phi) is 4.32. The molecule has 0 spiro atoms. The fraction of sp³-hybridized carbons (Fsp3) is 0.143. The molecule has 0 saturated heterocycles. The summed E-state index contributed by atoms with van der Waals surface area (Å²) in [6.45, 7) is 1.53. The molecule has 1 atom stereocenters. The number of hydrogen-bond donors (Lipinski definition) is 1. The van der Waals surface area contributed by atoms with Crippen molar-refractivity contribution >= 4 is 21.6 Å². The minimum Gasteiger partial charge on any atom is -0.374 e. The highest BCUT2D eigenvalue weighted by Gasteiger charge is 2.16. The molecule has 0 bridgehead atoms. The van der Waals surface area contributed by atoms with Gasteiger partial charge in [0.15, 0.2) is 0 Å². The highest BCUT2D eigenvalue weighted by atomic mass is 79.9. The van der Waals surface area contributed by atoms with E-state index >= 15 is 0 Å². The highest BCUT2D eigenvalue weighted by molar-refractivity contribution is 9.10. The maximum atomic E-state index is 13.7. The van der Waals surface area contributed by atoms with Crippen LogP contribution in [0, 0.1) is 23.3 Å². The largest absolute Gasteiger partial charge is 0.374 e. The summed E-state index contributed by atoms with van der Waals surface area (Å²) in [6, 6.07) is 4.52. The van der Waals surface area contributed by atoms with E-state index in [9.17, 15) is 17.6 Å². The average molecular weight is 348 g/mol. The second-order valence-electron chi connectivity index (χ2n) is 4.28. The lowest BCUT2D eigenvalue weighted by molar-refractivity contribution is 0.560. The van der Waals surface area contributed by atoms with Gasteiger partial charge in [-0.05, 0) is 25.1 Å². The molecule has 0 aliphatic heterocycles. The van der Waals surface area contributed by atoms with E-state index in [2.05, 4.69) is 21.2 Å². The Morgan fingerprint density at radius 3 is 2.10 bits per heavy atom. The van der Waals surface area contributed by atoms with Crippen LogP contribution >= 0.6 is 15.9 Å². The van der Waals surface area contributed by atoms with E-state index in [0.717, 1.165) is 24.3 Å². The quantitative estimate of drug-likeness (QED) is 0.754. The number of benzene rings is 2. The van der Waals surface area contributed by atoms with E-state index in [4.69, 9.17) is 0 Å². The lowest BCUT2D eigenvalue weighted by atomic mass is 10.1. The minimum absolute atomic E-state index is 0.119. The monoisotopic (exact) mass is 347 g/mol. The third-order valence-electron chi connectivity index (χ3n) is 2.80. The van der Waals surface area contributed by atoms with Gasteiger partial charge in [-0.3, -0.25) is 0 Å². The molecule has 0 radical (unpaired) electrons. The van der Waals surface area contributed by atoms with Crippen LogP contribution in [0.1, 0.15) is 18.5 Å². The van der Waals surface area contributed by atoms with Gasteiger partial charge >= 0.3 is 0 Å². The van der Waals surface area contributed by atoms with Crippen LogP contribution < -0.4 is 5.32 Å². The molecule has 2 rings (SSSR count). The van der Waals surface area contributed by atoms with Gasteiger partial charge in [0.25, 0.3) is 0 Å². The van der Waals surface area contributed by atoms with Crippen molar-refractivity contribution in [1.82, 2.24) is 0 Å². The van der Waals surface area contributed by atoms with Gasteiger partial charge in [-0.25, -0.2) is 17.6 Å². The third kappa shape index (κ3) is 3.12. The van der Waals surface area contributed by atoms with Crippen molar-refractivity contribution < 1.29 is 17.6 Å². The highest BCUT2D eigenvalue weighted by Crippen LogP contribution is 2.28. The first-order valence-corrected chi connectivity index (χ1v) is 6.54. The predicted octanol–water partition coefficient (Wildman–Crippen LogP) is 5.18. The van der Waals surface area contributed by atoms with Gasteiger partial charge in [0.1, 0.15) is 29.0 Å². The molecule has 2 aromatic rings. The SMILES string of the molecule is CC(Nc1c(F)cc(Br)cc1F)c1ccc(F)cc1F. The summed E-state index contributed by atoms with van der Waals surface area (Å²) in [4.78, 5) is 0. The van der Waals surface area contributed by atoms with Crippen LogP contribution in [0.25, 0.3) is 0 Å². The smallest absolute Gasteiger partial charge is 0.150 e. The molecular weight excluding hydrogens is 338 g/mol. The lowest BCUT2D eigenvalue weighted by Crippen LogP contribution is -2.11. The van der Waals surface area contributed by atoms with E-state index in [0.29, 0.717) is 0 Å². The number of halogens is 5. The Hall–Kier alpha value is -1.56. The van der Waals surface area contributed by atoms with Crippen LogP contribution in [0.3, 0.4) is 0 Å². The zero-order chi connectivity index (χ0) is 14.9. The van der Waals surface area contributed by atoms with Crippen molar-refractivity contribution in [1.29, 1.82) is 0 Å². The number of rotatable bonds is 3. The Morgan fingerprint density at radius 2 is 1.55 bits per heavy atom. The Balaban J connectivity index is 2.30. The number of anilines is 1. The van der Waals surface area contributed by atoms with E-state index < -0.39 is 29.3 Å². The summed E-state index contributed by atoms with van der Waals surface area (Å²) < 4.78 is 54.0. The molecule has 0 fully saturated rings. The second-order valence-corrected chi connectivity index (χ2v) is 5.19. The molecule has 0 aromatic heterocycles. The van der Waals surface area contributed by atoms with Crippen molar-refractivity contribution in [3.8, 4) is 0 Å². The van der Waals surface area contributed by atoms with Crippen molar-refractivity contribution in [2.24, 2.45) is 0 Å². The lowest BCUT2D eigenvalue weighted by Gasteiger charge is -2.17. The van der Waals surface area contributed by atoms with Gasteiger partial charge < -0.3 is 5.32 Å². The van der Waals surface area contributed by atoms with Crippen molar-refractivity contribution in [3.63, 3.8) is 0 Å². The third-order valence-corrected chi connectivity index (χ3v) is 3.25. The summed E-state index contributed by atoms with van der Waals surface area (Å²) in [5.41, 5.74) is -0.238. The van der Waals surface area contributed by atoms with Crippen molar-refractivity contribution in [3.05, 3.63) is 63.6 Å². The molecular formula is C14H10BrF4N. The average Bonchev–Trinajstić information content (AvgIpc) is 2.33. The molecule has 1 N–H and O–H groups in total. The molecule has 0 heterocycles. The molecule has 6 heteroatoms. The first-order valence-electron chi connectivity index (χ1n) is 5.74. The molecule has 0 amide bonds. The van der Waals surface area contributed by atoms with Crippen molar-refractivity contribution in [2.45, 2.75) is 13.0 Å². The fourth-order valence-corrected chi connectivity index (χ4v) is 2.23. The Labute approximate surface area is 121 Å². The molecule has 106 valence electrons. The number of nitrogens with one attached hydrogen (secondary N) is 1. The fourth-order valence-electron chi connectivity index (χ4n) is 1.83. The van der Waals surface area contributed by atoms with Gasteiger partial charge in [0.05, 0.1) is 6.04 Å². The van der Waals surface area contributed by atoms with E-state index in [-0.39, 0.29) is 15.7 Å². The normalized spacial score (nSPS) is 12.3. The molecule has 1 nitrogen and oxygen atoms in total. The minimum atomic E-state index is -0.800. The zero-order valence-corrected chi connectivity index (χ0v) is 11.9. The molecule has 0 aliphatic rings. The van der Waals surface area contributed by atoms with Crippen LogP contribution in [0.15, 0.2) is 34.8 Å². The van der Waals surface area contributed by atoms with Crippen LogP contribution in [0.5, 0.6) is 0 Å². The van der Waals surface area contributed by atoms with Crippen LogP contribution in [0.2, 0.25) is 0 Å². The molecule has 0 saturated carbocycles. The maximum Gasteiger partial charge on any atom is 0.150 e. The van der Waals surface area contributed by atoms with E-state index in [1.54, 1.807) is 0 Å².